The third-order valence-corrected chi connectivity index (χ3v) is 4.46. The van der Waals surface area contributed by atoms with Gasteiger partial charge in [-0.25, -0.2) is 0 Å². The van der Waals surface area contributed by atoms with Crippen LogP contribution in [-0.4, -0.2) is 50.1 Å². The van der Waals surface area contributed by atoms with Gasteiger partial charge in [0.25, 0.3) is 0 Å². The van der Waals surface area contributed by atoms with E-state index < -0.39 is 5.60 Å². The van der Waals surface area contributed by atoms with Crippen LogP contribution in [0.15, 0.2) is 0 Å². The van der Waals surface area contributed by atoms with Crippen LogP contribution in [0.25, 0.3) is 0 Å². The van der Waals surface area contributed by atoms with Gasteiger partial charge >= 0.3 is 5.97 Å². The second-order valence-electron chi connectivity index (χ2n) is 6.55. The van der Waals surface area contributed by atoms with E-state index in [-0.39, 0.29) is 23.6 Å². The van der Waals surface area contributed by atoms with Gasteiger partial charge in [0.15, 0.2) is 11.6 Å². The molecule has 154 valence electrons. The molecule has 0 aliphatic heterocycles. The Balaban J connectivity index is 0. The summed E-state index contributed by atoms with van der Waals surface area (Å²) in [6.45, 7) is 8.93. The smallest absolute Gasteiger partial charge is 0.305 e. The van der Waals surface area contributed by atoms with Gasteiger partial charge in [0.1, 0.15) is 11.7 Å². The fraction of sp³-hybridized carbons (Fsp3) is 0.850. The van der Waals surface area contributed by atoms with Gasteiger partial charge in [-0.05, 0) is 47.5 Å². The monoisotopic (exact) mass is 374 g/mol. The third kappa shape index (κ3) is 14.0. The summed E-state index contributed by atoms with van der Waals surface area (Å²) in [6.07, 6.45) is 6.07. The number of Topliss-reactive ketones (excluding diaryl/α,β-unsaturated/α-hetero) is 2. The van der Waals surface area contributed by atoms with E-state index >= 15 is 0 Å². The molecule has 0 N–H and O–H groups in total. The summed E-state index contributed by atoms with van der Waals surface area (Å²) in [6, 6.07) is 0. The molecule has 0 heterocycles. The lowest BCUT2D eigenvalue weighted by atomic mass is 9.94. The van der Waals surface area contributed by atoms with Crippen molar-refractivity contribution in [2.24, 2.45) is 0 Å². The normalized spacial score (nSPS) is 13.8. The van der Waals surface area contributed by atoms with Crippen molar-refractivity contribution in [2.45, 2.75) is 91.3 Å². The largest absolute Gasteiger partial charge is 0.466 e. The van der Waals surface area contributed by atoms with Crippen LogP contribution in [0.4, 0.5) is 0 Å². The second kappa shape index (κ2) is 15.9. The number of carbonyl (C=O) groups excluding carboxylic acids is 3. The lowest BCUT2D eigenvalue weighted by Gasteiger charge is -2.24. The van der Waals surface area contributed by atoms with E-state index in [4.69, 9.17) is 9.47 Å². The van der Waals surface area contributed by atoms with Crippen molar-refractivity contribution < 1.29 is 28.6 Å². The zero-order valence-electron chi connectivity index (χ0n) is 17.7. The van der Waals surface area contributed by atoms with Gasteiger partial charge in [-0.1, -0.05) is 25.7 Å². The number of unbranched alkanes of at least 4 members (excludes halogenated alkanes) is 4. The maximum atomic E-state index is 11.4. The van der Waals surface area contributed by atoms with Gasteiger partial charge in [-0.3, -0.25) is 14.4 Å². The Hall–Kier alpha value is -1.27. The van der Waals surface area contributed by atoms with Gasteiger partial charge < -0.3 is 14.2 Å². The number of methoxy groups -OCH3 is 2. The van der Waals surface area contributed by atoms with Gasteiger partial charge in [0, 0.05) is 20.6 Å². The predicted molar refractivity (Wildman–Crippen MR) is 102 cm³/mol. The Bertz CT molecular complexity index is 407. The van der Waals surface area contributed by atoms with E-state index in [2.05, 4.69) is 4.74 Å². The molecule has 0 aromatic heterocycles. The lowest BCUT2D eigenvalue weighted by Crippen LogP contribution is -2.35. The minimum atomic E-state index is -0.634. The Morgan fingerprint density at radius 3 is 1.88 bits per heavy atom. The number of ether oxygens (including phenoxy) is 3. The maximum absolute atomic E-state index is 11.4. The molecule has 2 atom stereocenters. The Morgan fingerprint density at radius 1 is 0.962 bits per heavy atom. The number of carbonyl (C=O) groups is 3. The zero-order valence-corrected chi connectivity index (χ0v) is 17.7. The molecule has 2 unspecified atom stereocenters. The molecule has 0 amide bonds. The molecule has 0 radical (unpaired) electrons. The topological polar surface area (TPSA) is 78.9 Å². The first-order valence-electron chi connectivity index (χ1n) is 9.39. The van der Waals surface area contributed by atoms with Crippen LogP contribution in [0.1, 0.15) is 79.6 Å². The maximum Gasteiger partial charge on any atom is 0.305 e. The molecule has 0 spiro atoms. The quantitative estimate of drug-likeness (QED) is 0.359. The average molecular weight is 375 g/mol. The van der Waals surface area contributed by atoms with E-state index in [1.54, 1.807) is 21.0 Å². The summed E-state index contributed by atoms with van der Waals surface area (Å²) >= 11 is 0. The summed E-state index contributed by atoms with van der Waals surface area (Å²) in [5.41, 5.74) is -0.634. The van der Waals surface area contributed by atoms with Crippen LogP contribution in [0.2, 0.25) is 0 Å². The van der Waals surface area contributed by atoms with Crippen LogP contribution in [0.3, 0.4) is 0 Å². The standard InChI is InChI=1S/C15H28O4.C5H10O2/c1-5-19-14(17)11-9-7-6-8-10-12-15(3,18-4)13(2)16;1-4(6)5(2)7-3/h5-12H2,1-4H3;5H,1-3H3. The summed E-state index contributed by atoms with van der Waals surface area (Å²) in [7, 11) is 3.10. The van der Waals surface area contributed by atoms with Gasteiger partial charge in [0.2, 0.25) is 0 Å². The van der Waals surface area contributed by atoms with E-state index in [9.17, 15) is 14.4 Å². The van der Waals surface area contributed by atoms with Crippen molar-refractivity contribution in [1.29, 1.82) is 0 Å². The molecule has 6 heteroatoms. The second-order valence-corrected chi connectivity index (χ2v) is 6.55. The van der Waals surface area contributed by atoms with E-state index in [0.29, 0.717) is 13.0 Å². The van der Waals surface area contributed by atoms with Crippen molar-refractivity contribution in [3.8, 4) is 0 Å². The predicted octanol–water partition coefficient (Wildman–Crippen LogP) is 3.88. The van der Waals surface area contributed by atoms with Crippen LogP contribution < -0.4 is 0 Å². The highest BCUT2D eigenvalue weighted by Gasteiger charge is 2.28. The molecule has 0 bridgehead atoms. The fourth-order valence-corrected chi connectivity index (χ4v) is 2.08. The van der Waals surface area contributed by atoms with Crippen molar-refractivity contribution in [2.75, 3.05) is 20.8 Å². The molecule has 0 fully saturated rings. The van der Waals surface area contributed by atoms with E-state index in [0.717, 1.165) is 38.5 Å². The molecular formula is C20H38O6. The molecule has 0 aliphatic rings. The molecule has 0 aliphatic carbocycles. The number of hydrogen-bond acceptors (Lipinski definition) is 6. The van der Waals surface area contributed by atoms with Gasteiger partial charge in [0.05, 0.1) is 6.61 Å². The lowest BCUT2D eigenvalue weighted by molar-refractivity contribution is -0.143. The van der Waals surface area contributed by atoms with Crippen LogP contribution in [0, 0.1) is 0 Å². The minimum Gasteiger partial charge on any atom is -0.466 e. The highest BCUT2D eigenvalue weighted by atomic mass is 16.5. The summed E-state index contributed by atoms with van der Waals surface area (Å²) < 4.78 is 14.8. The molecule has 0 saturated carbocycles. The van der Waals surface area contributed by atoms with E-state index in [1.807, 2.05) is 13.8 Å². The van der Waals surface area contributed by atoms with Gasteiger partial charge in [-0.2, -0.15) is 0 Å². The molecular weight excluding hydrogens is 336 g/mol. The number of hydrogen-bond donors (Lipinski definition) is 0. The highest BCUT2D eigenvalue weighted by Crippen LogP contribution is 2.20. The molecule has 0 aromatic rings. The van der Waals surface area contributed by atoms with Crippen molar-refractivity contribution >= 4 is 17.5 Å². The third-order valence-electron chi connectivity index (χ3n) is 4.46. The fourth-order valence-electron chi connectivity index (χ4n) is 2.08. The average Bonchev–Trinajstić information content (AvgIpc) is 2.60. The van der Waals surface area contributed by atoms with E-state index in [1.165, 1.54) is 14.0 Å². The van der Waals surface area contributed by atoms with Crippen LogP contribution in [0.5, 0.6) is 0 Å². The number of rotatable bonds is 13. The Labute approximate surface area is 159 Å². The van der Waals surface area contributed by atoms with Crippen molar-refractivity contribution in [3.05, 3.63) is 0 Å². The van der Waals surface area contributed by atoms with Crippen LogP contribution in [-0.2, 0) is 28.6 Å². The SMILES string of the molecule is CCOC(=O)CCCCCCCC(C)(OC)C(C)=O.COC(C)C(C)=O. The summed E-state index contributed by atoms with van der Waals surface area (Å²) in [5.74, 6) is 0.0471. The first-order valence-corrected chi connectivity index (χ1v) is 9.39. The summed E-state index contributed by atoms with van der Waals surface area (Å²) in [4.78, 5) is 32.8. The Kier molecular flexibility index (Phi) is 16.5. The summed E-state index contributed by atoms with van der Waals surface area (Å²) in [5, 5.41) is 0. The first kappa shape index (κ1) is 27.0. The zero-order chi connectivity index (χ0) is 20.6. The van der Waals surface area contributed by atoms with Crippen molar-refractivity contribution in [3.63, 3.8) is 0 Å². The molecule has 0 rings (SSSR count). The molecule has 0 aromatic carbocycles. The number of ketones is 2. The van der Waals surface area contributed by atoms with Crippen molar-refractivity contribution in [1.82, 2.24) is 0 Å². The minimum absolute atomic E-state index is 0.0718. The van der Waals surface area contributed by atoms with Crippen LogP contribution >= 0.6 is 0 Å². The first-order chi connectivity index (χ1) is 12.1. The molecule has 6 nitrogen and oxygen atoms in total. The number of esters is 1. The Morgan fingerprint density at radius 2 is 1.50 bits per heavy atom. The molecule has 26 heavy (non-hydrogen) atoms. The van der Waals surface area contributed by atoms with Gasteiger partial charge in [-0.15, -0.1) is 0 Å². The highest BCUT2D eigenvalue weighted by molar-refractivity contribution is 5.84. The molecule has 0 saturated heterocycles.